The van der Waals surface area contributed by atoms with Gasteiger partial charge in [-0.2, -0.15) is 0 Å². The predicted molar refractivity (Wildman–Crippen MR) is 72.9 cm³/mol. The van der Waals surface area contributed by atoms with E-state index in [-0.39, 0.29) is 12.1 Å². The van der Waals surface area contributed by atoms with Crippen LogP contribution in [0.25, 0.3) is 0 Å². The third-order valence-electron chi connectivity index (χ3n) is 3.22. The van der Waals surface area contributed by atoms with Gasteiger partial charge in [0.15, 0.2) is 6.04 Å². The molecular weight excluding hydrogens is 244 g/mol. The summed E-state index contributed by atoms with van der Waals surface area (Å²) in [6.45, 7) is 3.89. The van der Waals surface area contributed by atoms with Gasteiger partial charge in [-0.25, -0.2) is 9.59 Å². The zero-order valence-electron chi connectivity index (χ0n) is 11.5. The van der Waals surface area contributed by atoms with Crippen LogP contribution < -0.4 is 5.32 Å². The standard InChI is InChI=1S/C14H20N2O3/c1-4-10(2)16(3)14(19)15-12(13(17)18)11-8-6-5-7-9-11/h5-10,12H,4H2,1-3H3,(H,15,19)(H,17,18). The number of carboxylic acid groups (broad SMARTS) is 1. The van der Waals surface area contributed by atoms with E-state index in [0.29, 0.717) is 5.56 Å². The third-order valence-corrected chi connectivity index (χ3v) is 3.22. The molecule has 0 fully saturated rings. The molecule has 0 saturated carbocycles. The Hall–Kier alpha value is -2.04. The van der Waals surface area contributed by atoms with Crippen LogP contribution in [-0.2, 0) is 4.79 Å². The van der Waals surface area contributed by atoms with Crippen molar-refractivity contribution >= 4 is 12.0 Å². The quantitative estimate of drug-likeness (QED) is 0.857. The highest BCUT2D eigenvalue weighted by molar-refractivity contribution is 5.83. The number of amides is 2. The zero-order chi connectivity index (χ0) is 14.4. The molecule has 2 atom stereocenters. The van der Waals surface area contributed by atoms with Crippen LogP contribution >= 0.6 is 0 Å². The maximum absolute atomic E-state index is 12.0. The Morgan fingerprint density at radius 1 is 1.32 bits per heavy atom. The Morgan fingerprint density at radius 3 is 2.37 bits per heavy atom. The number of nitrogens with one attached hydrogen (secondary N) is 1. The average molecular weight is 264 g/mol. The van der Waals surface area contributed by atoms with Crippen molar-refractivity contribution in [1.82, 2.24) is 10.2 Å². The van der Waals surface area contributed by atoms with Crippen molar-refractivity contribution in [2.75, 3.05) is 7.05 Å². The molecule has 0 aliphatic heterocycles. The molecule has 0 aromatic heterocycles. The fraction of sp³-hybridized carbons (Fsp3) is 0.429. The van der Waals surface area contributed by atoms with Crippen LogP contribution in [0.5, 0.6) is 0 Å². The summed E-state index contributed by atoms with van der Waals surface area (Å²) < 4.78 is 0. The van der Waals surface area contributed by atoms with E-state index >= 15 is 0 Å². The van der Waals surface area contributed by atoms with Gasteiger partial charge in [0.05, 0.1) is 0 Å². The van der Waals surface area contributed by atoms with Gasteiger partial charge >= 0.3 is 12.0 Å². The lowest BCUT2D eigenvalue weighted by molar-refractivity contribution is -0.139. The Kier molecular flexibility index (Phi) is 5.36. The Morgan fingerprint density at radius 2 is 1.89 bits per heavy atom. The molecule has 0 aliphatic carbocycles. The first-order chi connectivity index (χ1) is 8.97. The lowest BCUT2D eigenvalue weighted by atomic mass is 10.1. The van der Waals surface area contributed by atoms with E-state index in [1.165, 1.54) is 4.90 Å². The second-order valence-corrected chi connectivity index (χ2v) is 4.50. The summed E-state index contributed by atoms with van der Waals surface area (Å²) in [5.74, 6) is -1.07. The van der Waals surface area contributed by atoms with E-state index in [0.717, 1.165) is 6.42 Å². The number of carbonyl (C=O) groups excluding carboxylic acids is 1. The maximum Gasteiger partial charge on any atom is 0.330 e. The molecule has 0 heterocycles. The number of urea groups is 1. The minimum Gasteiger partial charge on any atom is -0.479 e. The predicted octanol–water partition coefficient (Wildman–Crippen LogP) is 2.25. The number of carbonyl (C=O) groups is 2. The second kappa shape index (κ2) is 6.78. The molecule has 0 bridgehead atoms. The van der Waals surface area contributed by atoms with Gasteiger partial charge in [-0.15, -0.1) is 0 Å². The van der Waals surface area contributed by atoms with Gasteiger partial charge in [0.2, 0.25) is 0 Å². The van der Waals surface area contributed by atoms with Crippen LogP contribution in [0.2, 0.25) is 0 Å². The lowest BCUT2D eigenvalue weighted by Gasteiger charge is -2.26. The normalized spacial score (nSPS) is 13.4. The molecule has 104 valence electrons. The van der Waals surface area contributed by atoms with E-state index in [1.807, 2.05) is 13.8 Å². The van der Waals surface area contributed by atoms with Crippen molar-refractivity contribution in [3.05, 3.63) is 35.9 Å². The molecule has 5 nitrogen and oxygen atoms in total. The van der Waals surface area contributed by atoms with E-state index in [4.69, 9.17) is 0 Å². The molecule has 2 unspecified atom stereocenters. The van der Waals surface area contributed by atoms with Crippen LogP contribution in [0.15, 0.2) is 30.3 Å². The van der Waals surface area contributed by atoms with Gasteiger partial charge in [-0.05, 0) is 18.9 Å². The molecule has 1 rings (SSSR count). The Bertz CT molecular complexity index is 434. The summed E-state index contributed by atoms with van der Waals surface area (Å²) >= 11 is 0. The van der Waals surface area contributed by atoms with Crippen molar-refractivity contribution in [2.45, 2.75) is 32.4 Å². The molecule has 5 heteroatoms. The van der Waals surface area contributed by atoms with Crippen molar-refractivity contribution in [3.8, 4) is 0 Å². The summed E-state index contributed by atoms with van der Waals surface area (Å²) in [6, 6.07) is 7.31. The highest BCUT2D eigenvalue weighted by atomic mass is 16.4. The molecule has 19 heavy (non-hydrogen) atoms. The summed E-state index contributed by atoms with van der Waals surface area (Å²) in [5, 5.41) is 11.8. The van der Waals surface area contributed by atoms with Crippen LogP contribution in [0.1, 0.15) is 31.9 Å². The van der Waals surface area contributed by atoms with Gasteiger partial charge in [-0.3, -0.25) is 0 Å². The van der Waals surface area contributed by atoms with Gasteiger partial charge in [-0.1, -0.05) is 37.3 Å². The van der Waals surface area contributed by atoms with Crippen molar-refractivity contribution in [1.29, 1.82) is 0 Å². The molecule has 2 amide bonds. The average Bonchev–Trinajstić information content (AvgIpc) is 2.43. The van der Waals surface area contributed by atoms with E-state index in [9.17, 15) is 14.7 Å². The number of hydrogen-bond donors (Lipinski definition) is 2. The SMILES string of the molecule is CCC(C)N(C)C(=O)NC(C(=O)O)c1ccccc1. The molecule has 0 aliphatic rings. The number of hydrogen-bond acceptors (Lipinski definition) is 2. The number of nitrogens with zero attached hydrogens (tertiary/aromatic N) is 1. The smallest absolute Gasteiger partial charge is 0.330 e. The minimum atomic E-state index is -1.07. The monoisotopic (exact) mass is 264 g/mol. The van der Waals surface area contributed by atoms with Crippen LogP contribution in [0, 0.1) is 0 Å². The summed E-state index contributed by atoms with van der Waals surface area (Å²) in [4.78, 5) is 24.8. The molecule has 0 saturated heterocycles. The Balaban J connectivity index is 2.81. The van der Waals surface area contributed by atoms with Gasteiger partial charge in [0.1, 0.15) is 0 Å². The highest BCUT2D eigenvalue weighted by Crippen LogP contribution is 2.13. The minimum absolute atomic E-state index is 0.0604. The van der Waals surface area contributed by atoms with Crippen molar-refractivity contribution < 1.29 is 14.7 Å². The van der Waals surface area contributed by atoms with Gasteiger partial charge < -0.3 is 15.3 Å². The van der Waals surface area contributed by atoms with Crippen LogP contribution in [0.4, 0.5) is 4.79 Å². The molecule has 0 radical (unpaired) electrons. The first kappa shape index (κ1) is 15.0. The third kappa shape index (κ3) is 3.98. The molecule has 1 aromatic carbocycles. The molecular formula is C14H20N2O3. The maximum atomic E-state index is 12.0. The van der Waals surface area contributed by atoms with Gasteiger partial charge in [0.25, 0.3) is 0 Å². The molecule has 2 N–H and O–H groups in total. The largest absolute Gasteiger partial charge is 0.479 e. The van der Waals surface area contributed by atoms with E-state index in [2.05, 4.69) is 5.32 Å². The van der Waals surface area contributed by atoms with Gasteiger partial charge in [0, 0.05) is 13.1 Å². The summed E-state index contributed by atoms with van der Waals surface area (Å²) in [7, 11) is 1.66. The number of benzene rings is 1. The summed E-state index contributed by atoms with van der Waals surface area (Å²) in [6.07, 6.45) is 0.812. The fourth-order valence-electron chi connectivity index (χ4n) is 1.63. The van der Waals surface area contributed by atoms with Crippen molar-refractivity contribution in [3.63, 3.8) is 0 Å². The fourth-order valence-corrected chi connectivity index (χ4v) is 1.63. The lowest BCUT2D eigenvalue weighted by Crippen LogP contribution is -2.45. The molecule has 1 aromatic rings. The number of rotatable bonds is 5. The first-order valence-electron chi connectivity index (χ1n) is 6.28. The Labute approximate surface area is 113 Å². The van der Waals surface area contributed by atoms with E-state index in [1.54, 1.807) is 37.4 Å². The summed E-state index contributed by atoms with van der Waals surface area (Å²) in [5.41, 5.74) is 0.556. The highest BCUT2D eigenvalue weighted by Gasteiger charge is 2.24. The van der Waals surface area contributed by atoms with E-state index < -0.39 is 12.0 Å². The number of carboxylic acids is 1. The van der Waals surface area contributed by atoms with Crippen molar-refractivity contribution in [2.24, 2.45) is 0 Å². The zero-order valence-corrected chi connectivity index (χ0v) is 11.5. The first-order valence-corrected chi connectivity index (χ1v) is 6.28. The van der Waals surface area contributed by atoms with Crippen LogP contribution in [0.3, 0.4) is 0 Å². The number of aliphatic carboxylic acids is 1. The topological polar surface area (TPSA) is 69.6 Å². The second-order valence-electron chi connectivity index (χ2n) is 4.50. The van der Waals surface area contributed by atoms with Crippen LogP contribution in [-0.4, -0.2) is 35.1 Å². The molecule has 0 spiro atoms.